The highest BCUT2D eigenvalue weighted by Crippen LogP contribution is 2.15. The summed E-state index contributed by atoms with van der Waals surface area (Å²) < 4.78 is 1.38. The van der Waals surface area contributed by atoms with Crippen molar-refractivity contribution in [2.45, 2.75) is 32.6 Å². The fourth-order valence-electron chi connectivity index (χ4n) is 2.92. The van der Waals surface area contributed by atoms with Crippen molar-refractivity contribution in [3.8, 4) is 0 Å². The molecule has 3 rings (SSSR count). The lowest BCUT2D eigenvalue weighted by Crippen LogP contribution is -2.32. The maximum absolute atomic E-state index is 12.7. The van der Waals surface area contributed by atoms with E-state index in [2.05, 4.69) is 41.6 Å². The zero-order valence-electron chi connectivity index (χ0n) is 16.4. The molecule has 146 valence electrons. The normalized spacial score (nSPS) is 11.1. The molecule has 1 aromatic heterocycles. The molecule has 1 amide bonds. The van der Waals surface area contributed by atoms with Gasteiger partial charge >= 0.3 is 0 Å². The van der Waals surface area contributed by atoms with Crippen LogP contribution in [0, 0.1) is 6.92 Å². The summed E-state index contributed by atoms with van der Waals surface area (Å²) in [5.74, 6) is 1.47. The Balaban J connectivity index is 1.65. The van der Waals surface area contributed by atoms with Crippen LogP contribution in [0.3, 0.4) is 0 Å². The molecule has 0 saturated carbocycles. The molecule has 0 spiro atoms. The Labute approximate surface area is 169 Å². The molecule has 2 aromatic carbocycles. The smallest absolute Gasteiger partial charge is 0.274 e. The minimum Gasteiger partial charge on any atom is -0.350 e. The fraction of sp³-hybridized carbons (Fsp3) is 0.318. The number of hydrogen-bond donors (Lipinski definition) is 1. The summed E-state index contributed by atoms with van der Waals surface area (Å²) in [7, 11) is 0. The average Bonchev–Trinajstić information content (AvgIpc) is 2.69. The van der Waals surface area contributed by atoms with Crippen LogP contribution in [0.15, 0.2) is 53.3 Å². The number of amides is 1. The quantitative estimate of drug-likeness (QED) is 0.615. The van der Waals surface area contributed by atoms with Crippen LogP contribution in [0.1, 0.15) is 41.5 Å². The van der Waals surface area contributed by atoms with Crippen LogP contribution >= 0.6 is 11.8 Å². The van der Waals surface area contributed by atoms with Gasteiger partial charge in [0.25, 0.3) is 11.5 Å². The Bertz CT molecular complexity index is 1030. The van der Waals surface area contributed by atoms with Crippen molar-refractivity contribution >= 4 is 28.4 Å². The maximum Gasteiger partial charge on any atom is 0.274 e. The van der Waals surface area contributed by atoms with Gasteiger partial charge in [0.15, 0.2) is 5.69 Å². The Hall–Kier alpha value is -2.60. The van der Waals surface area contributed by atoms with E-state index in [-0.39, 0.29) is 17.5 Å². The molecule has 1 N–H and O–H groups in total. The lowest BCUT2D eigenvalue weighted by atomic mass is 10.1. The van der Waals surface area contributed by atoms with Gasteiger partial charge in [-0.15, -0.1) is 0 Å². The van der Waals surface area contributed by atoms with Crippen LogP contribution in [0.2, 0.25) is 0 Å². The van der Waals surface area contributed by atoms with Crippen molar-refractivity contribution in [3.63, 3.8) is 0 Å². The highest BCUT2D eigenvalue weighted by molar-refractivity contribution is 7.98. The number of nitrogens with one attached hydrogen (secondary N) is 1. The number of fused-ring (bicyclic) bond motifs is 1. The van der Waals surface area contributed by atoms with E-state index in [9.17, 15) is 9.59 Å². The number of benzene rings is 2. The number of aryl methyl sites for hydroxylation is 1. The number of carbonyl (C=O) groups is 1. The minimum atomic E-state index is -0.249. The monoisotopic (exact) mass is 395 g/mol. The zero-order valence-corrected chi connectivity index (χ0v) is 17.3. The summed E-state index contributed by atoms with van der Waals surface area (Å²) in [5.41, 5.74) is 2.66. The second-order valence-corrected chi connectivity index (χ2v) is 8.14. The van der Waals surface area contributed by atoms with Crippen molar-refractivity contribution in [2.24, 2.45) is 0 Å². The van der Waals surface area contributed by atoms with E-state index in [1.54, 1.807) is 30.0 Å². The number of hydrogen-bond acceptors (Lipinski definition) is 4. The van der Waals surface area contributed by atoms with Gasteiger partial charge in [0.1, 0.15) is 0 Å². The van der Waals surface area contributed by atoms with Crippen LogP contribution in [-0.4, -0.2) is 28.0 Å². The van der Waals surface area contributed by atoms with Gasteiger partial charge in [-0.05, 0) is 32.4 Å². The third-order valence-corrected chi connectivity index (χ3v) is 5.48. The van der Waals surface area contributed by atoms with Gasteiger partial charge < -0.3 is 5.32 Å². The molecule has 0 unspecified atom stereocenters. The first-order valence-corrected chi connectivity index (χ1v) is 10.6. The third-order valence-electron chi connectivity index (χ3n) is 4.45. The molecule has 0 aliphatic carbocycles. The molecule has 3 aromatic rings. The standard InChI is InChI=1S/C22H25N3O2S/c1-15(2)25-22(27)19-7-5-4-6-18(19)20(24-25)21(26)23-12-13-28-14-17-10-8-16(3)9-11-17/h4-11,15H,12-14H2,1-3H3,(H,23,26). The zero-order chi connectivity index (χ0) is 20.1. The minimum absolute atomic E-state index is 0.117. The van der Waals surface area contributed by atoms with Crippen molar-refractivity contribution in [1.29, 1.82) is 0 Å². The first kappa shape index (κ1) is 20.1. The largest absolute Gasteiger partial charge is 0.350 e. The molecule has 5 nitrogen and oxygen atoms in total. The average molecular weight is 396 g/mol. The topological polar surface area (TPSA) is 64.0 Å². The van der Waals surface area contributed by atoms with E-state index in [0.29, 0.717) is 23.0 Å². The van der Waals surface area contributed by atoms with E-state index in [0.717, 1.165) is 11.5 Å². The van der Waals surface area contributed by atoms with E-state index in [1.807, 2.05) is 19.9 Å². The first-order valence-electron chi connectivity index (χ1n) is 9.40. The highest BCUT2D eigenvalue weighted by Gasteiger charge is 2.17. The van der Waals surface area contributed by atoms with Crippen molar-refractivity contribution < 1.29 is 4.79 Å². The molecule has 0 fully saturated rings. The molecule has 0 bridgehead atoms. The highest BCUT2D eigenvalue weighted by atomic mass is 32.2. The van der Waals surface area contributed by atoms with Gasteiger partial charge in [0.2, 0.25) is 0 Å². The number of nitrogens with zero attached hydrogens (tertiary/aromatic N) is 2. The van der Waals surface area contributed by atoms with Gasteiger partial charge in [-0.1, -0.05) is 48.0 Å². The van der Waals surface area contributed by atoms with E-state index >= 15 is 0 Å². The Morgan fingerprint density at radius 2 is 1.79 bits per heavy atom. The fourth-order valence-corrected chi connectivity index (χ4v) is 3.74. The van der Waals surface area contributed by atoms with Gasteiger partial charge in [0.05, 0.1) is 11.4 Å². The summed E-state index contributed by atoms with van der Waals surface area (Å²) in [4.78, 5) is 25.3. The SMILES string of the molecule is Cc1ccc(CSCCNC(=O)c2nn(C(C)C)c(=O)c3ccccc23)cc1. The van der Waals surface area contributed by atoms with E-state index in [4.69, 9.17) is 0 Å². The van der Waals surface area contributed by atoms with Gasteiger partial charge in [-0.25, -0.2) is 4.68 Å². The summed E-state index contributed by atoms with van der Waals surface area (Å²) in [5, 5.41) is 8.38. The lowest BCUT2D eigenvalue weighted by Gasteiger charge is -2.13. The molecule has 6 heteroatoms. The van der Waals surface area contributed by atoms with Crippen LogP contribution in [0.4, 0.5) is 0 Å². The Morgan fingerprint density at radius 1 is 1.11 bits per heavy atom. The van der Waals surface area contributed by atoms with Gasteiger partial charge in [-0.2, -0.15) is 16.9 Å². The van der Waals surface area contributed by atoms with Crippen LogP contribution < -0.4 is 10.9 Å². The second-order valence-electron chi connectivity index (χ2n) is 7.03. The van der Waals surface area contributed by atoms with E-state index in [1.165, 1.54) is 15.8 Å². The van der Waals surface area contributed by atoms with Gasteiger partial charge in [-0.3, -0.25) is 9.59 Å². The predicted octanol–water partition coefficient (Wildman–Crippen LogP) is 3.95. The Kier molecular flexibility index (Phi) is 6.52. The molecule has 0 aliphatic heterocycles. The van der Waals surface area contributed by atoms with Crippen LogP contribution in [0.5, 0.6) is 0 Å². The van der Waals surface area contributed by atoms with Crippen molar-refractivity contribution in [1.82, 2.24) is 15.1 Å². The number of aromatic nitrogens is 2. The molecule has 1 heterocycles. The Morgan fingerprint density at radius 3 is 2.46 bits per heavy atom. The van der Waals surface area contributed by atoms with Crippen molar-refractivity contribution in [2.75, 3.05) is 12.3 Å². The predicted molar refractivity (Wildman–Crippen MR) is 116 cm³/mol. The molecule has 0 atom stereocenters. The van der Waals surface area contributed by atoms with Gasteiger partial charge in [0, 0.05) is 23.4 Å². The third kappa shape index (κ3) is 4.62. The first-order chi connectivity index (χ1) is 13.5. The summed E-state index contributed by atoms with van der Waals surface area (Å²) in [6, 6.07) is 15.5. The summed E-state index contributed by atoms with van der Waals surface area (Å²) >= 11 is 1.77. The van der Waals surface area contributed by atoms with E-state index < -0.39 is 0 Å². The number of rotatable bonds is 7. The lowest BCUT2D eigenvalue weighted by molar-refractivity contribution is 0.0950. The van der Waals surface area contributed by atoms with Crippen LogP contribution in [0.25, 0.3) is 10.8 Å². The summed E-state index contributed by atoms with van der Waals surface area (Å²) in [6.45, 7) is 6.39. The number of carbonyl (C=O) groups excluding carboxylic acids is 1. The molecule has 0 saturated heterocycles. The molecular weight excluding hydrogens is 370 g/mol. The second kappa shape index (κ2) is 9.06. The van der Waals surface area contributed by atoms with Crippen molar-refractivity contribution in [3.05, 3.63) is 75.7 Å². The number of thioether (sulfide) groups is 1. The maximum atomic E-state index is 12.7. The van der Waals surface area contributed by atoms with Crippen LogP contribution in [-0.2, 0) is 5.75 Å². The molecule has 28 heavy (non-hydrogen) atoms. The molecule has 0 radical (unpaired) electrons. The summed E-state index contributed by atoms with van der Waals surface area (Å²) in [6.07, 6.45) is 0. The molecule has 0 aliphatic rings. The molecular formula is C22H25N3O2S.